The lowest BCUT2D eigenvalue weighted by atomic mass is 10.0. The summed E-state index contributed by atoms with van der Waals surface area (Å²) in [5, 5.41) is 3.49. The number of rotatable bonds is 8. The highest BCUT2D eigenvalue weighted by Gasteiger charge is 2.34. The predicted molar refractivity (Wildman–Crippen MR) is 128 cm³/mol. The summed E-state index contributed by atoms with van der Waals surface area (Å²) in [5.74, 6) is 0.868. The van der Waals surface area contributed by atoms with Crippen LogP contribution in [0.25, 0.3) is 0 Å². The topological polar surface area (TPSA) is 67.9 Å². The van der Waals surface area contributed by atoms with Crippen LogP contribution in [0.1, 0.15) is 40.9 Å². The molecule has 7 heteroatoms. The molecule has 1 unspecified atom stereocenters. The molecular formula is C26H25ClN2O4. The molecule has 1 aliphatic heterocycles. The number of amides is 2. The lowest BCUT2D eigenvalue weighted by molar-refractivity contribution is -0.117. The maximum absolute atomic E-state index is 13.2. The first kappa shape index (κ1) is 22.7. The maximum atomic E-state index is 13.2. The van der Waals surface area contributed by atoms with E-state index in [2.05, 4.69) is 5.32 Å². The lowest BCUT2D eigenvalue weighted by Gasteiger charge is -2.28. The molecule has 1 N–H and O–H groups in total. The van der Waals surface area contributed by atoms with Gasteiger partial charge in [0.25, 0.3) is 5.91 Å². The smallest absolute Gasteiger partial charge is 0.255 e. The third kappa shape index (κ3) is 4.96. The molecule has 1 atom stereocenters. The van der Waals surface area contributed by atoms with E-state index in [4.69, 9.17) is 21.1 Å². The van der Waals surface area contributed by atoms with E-state index >= 15 is 0 Å². The Hall–Kier alpha value is -3.51. The van der Waals surface area contributed by atoms with Gasteiger partial charge in [-0.15, -0.1) is 0 Å². The number of hydrogen-bond acceptors (Lipinski definition) is 4. The molecule has 4 rings (SSSR count). The molecule has 0 radical (unpaired) electrons. The van der Waals surface area contributed by atoms with E-state index in [-0.39, 0.29) is 18.2 Å². The van der Waals surface area contributed by atoms with Crippen molar-refractivity contribution in [2.45, 2.75) is 25.9 Å². The number of ether oxygens (including phenoxy) is 2. The zero-order chi connectivity index (χ0) is 23.4. The summed E-state index contributed by atoms with van der Waals surface area (Å²) >= 11 is 5.94. The number of nitrogens with one attached hydrogen (secondary N) is 1. The second kappa shape index (κ2) is 9.96. The van der Waals surface area contributed by atoms with Crippen molar-refractivity contribution in [2.75, 3.05) is 19.0 Å². The number of hydrogen-bond donors (Lipinski definition) is 1. The summed E-state index contributed by atoms with van der Waals surface area (Å²) in [6.07, 6.45) is 0.0828. The van der Waals surface area contributed by atoms with Crippen molar-refractivity contribution >= 4 is 29.1 Å². The molecule has 1 heterocycles. The Morgan fingerprint density at radius 3 is 2.55 bits per heavy atom. The van der Waals surface area contributed by atoms with Gasteiger partial charge < -0.3 is 19.7 Å². The van der Waals surface area contributed by atoms with Crippen molar-refractivity contribution in [2.24, 2.45) is 0 Å². The van der Waals surface area contributed by atoms with Crippen molar-refractivity contribution in [3.8, 4) is 11.5 Å². The summed E-state index contributed by atoms with van der Waals surface area (Å²) in [5.41, 5.74) is 3.05. The quantitative estimate of drug-likeness (QED) is 0.479. The second-order valence-electron chi connectivity index (χ2n) is 7.71. The third-order valence-electron chi connectivity index (χ3n) is 5.60. The van der Waals surface area contributed by atoms with Crippen LogP contribution in [0.3, 0.4) is 0 Å². The first-order chi connectivity index (χ1) is 16.0. The molecule has 0 aromatic heterocycles. The number of methoxy groups -OCH3 is 1. The summed E-state index contributed by atoms with van der Waals surface area (Å²) in [6.45, 7) is 2.84. The Morgan fingerprint density at radius 1 is 1.09 bits per heavy atom. The fourth-order valence-corrected chi connectivity index (χ4v) is 4.15. The average Bonchev–Trinajstić information content (AvgIpc) is 3.16. The van der Waals surface area contributed by atoms with Gasteiger partial charge in [0.05, 0.1) is 26.2 Å². The first-order valence-electron chi connectivity index (χ1n) is 10.7. The fraction of sp³-hybridized carbons (Fsp3) is 0.231. The van der Waals surface area contributed by atoms with Crippen LogP contribution in [0.2, 0.25) is 5.02 Å². The van der Waals surface area contributed by atoms with Crippen LogP contribution in [0.5, 0.6) is 11.5 Å². The number of halogens is 1. The molecule has 3 aromatic rings. The second-order valence-corrected chi connectivity index (χ2v) is 8.14. The van der Waals surface area contributed by atoms with Gasteiger partial charge in [-0.25, -0.2) is 0 Å². The van der Waals surface area contributed by atoms with Gasteiger partial charge in [0, 0.05) is 22.8 Å². The molecule has 3 aromatic carbocycles. The molecule has 33 heavy (non-hydrogen) atoms. The normalized spacial score (nSPS) is 13.4. The molecule has 6 nitrogen and oxygen atoms in total. The van der Waals surface area contributed by atoms with Crippen molar-refractivity contribution in [3.63, 3.8) is 0 Å². The van der Waals surface area contributed by atoms with Crippen LogP contribution in [-0.2, 0) is 11.3 Å². The van der Waals surface area contributed by atoms with E-state index in [1.54, 1.807) is 36.3 Å². The zero-order valence-electron chi connectivity index (χ0n) is 18.5. The highest BCUT2D eigenvalue weighted by atomic mass is 35.5. The van der Waals surface area contributed by atoms with Gasteiger partial charge in [-0.3, -0.25) is 9.59 Å². The van der Waals surface area contributed by atoms with Crippen molar-refractivity contribution in [1.29, 1.82) is 0 Å². The van der Waals surface area contributed by atoms with E-state index in [0.717, 1.165) is 11.1 Å². The van der Waals surface area contributed by atoms with E-state index in [1.807, 2.05) is 49.4 Å². The van der Waals surface area contributed by atoms with Gasteiger partial charge in [-0.1, -0.05) is 35.9 Å². The summed E-state index contributed by atoms with van der Waals surface area (Å²) in [4.78, 5) is 28.0. The largest absolute Gasteiger partial charge is 0.493 e. The van der Waals surface area contributed by atoms with Crippen molar-refractivity contribution in [1.82, 2.24) is 4.90 Å². The lowest BCUT2D eigenvalue weighted by Crippen LogP contribution is -2.32. The van der Waals surface area contributed by atoms with Gasteiger partial charge in [0.1, 0.15) is 0 Å². The Labute approximate surface area is 198 Å². The molecule has 0 fully saturated rings. The maximum Gasteiger partial charge on any atom is 0.255 e. The van der Waals surface area contributed by atoms with E-state index in [1.165, 1.54) is 0 Å². The average molecular weight is 465 g/mol. The molecule has 170 valence electrons. The number of fused-ring (bicyclic) bond motifs is 1. The summed E-state index contributed by atoms with van der Waals surface area (Å²) in [7, 11) is 1.57. The Bertz CT molecular complexity index is 1160. The summed E-state index contributed by atoms with van der Waals surface area (Å²) < 4.78 is 11.1. The number of benzene rings is 3. The standard InChI is InChI=1S/C26H25ClN2O4/c1-3-33-23-13-8-17(14-24(23)32-2)22(15-25(30)28-20-11-9-19(27)10-12-20)29-16-18-6-4-5-7-21(18)26(29)31/h4-14,22H,3,15-16H2,1-2H3,(H,28,30). The SMILES string of the molecule is CCOc1ccc(C(CC(=O)Nc2ccc(Cl)cc2)N2Cc3ccccc3C2=O)cc1OC. The highest BCUT2D eigenvalue weighted by molar-refractivity contribution is 6.30. The van der Waals surface area contributed by atoms with Crippen LogP contribution in [0, 0.1) is 0 Å². The van der Waals surface area contributed by atoms with Crippen LogP contribution in [0.15, 0.2) is 66.7 Å². The monoisotopic (exact) mass is 464 g/mol. The van der Waals surface area contributed by atoms with Crippen LogP contribution in [0.4, 0.5) is 5.69 Å². The minimum atomic E-state index is -0.484. The van der Waals surface area contributed by atoms with Crippen LogP contribution < -0.4 is 14.8 Å². The van der Waals surface area contributed by atoms with Crippen molar-refractivity contribution in [3.05, 3.63) is 88.4 Å². The van der Waals surface area contributed by atoms with Gasteiger partial charge in [-0.05, 0) is 60.5 Å². The number of carbonyl (C=O) groups excluding carboxylic acids is 2. The van der Waals surface area contributed by atoms with Gasteiger partial charge >= 0.3 is 0 Å². The third-order valence-corrected chi connectivity index (χ3v) is 5.86. The first-order valence-corrected chi connectivity index (χ1v) is 11.1. The van der Waals surface area contributed by atoms with Gasteiger partial charge in [0.2, 0.25) is 5.91 Å². The number of carbonyl (C=O) groups is 2. The van der Waals surface area contributed by atoms with Crippen LogP contribution >= 0.6 is 11.6 Å². The zero-order valence-corrected chi connectivity index (χ0v) is 19.3. The predicted octanol–water partition coefficient (Wildman–Crippen LogP) is 5.47. The molecule has 1 aliphatic rings. The number of nitrogens with zero attached hydrogens (tertiary/aromatic N) is 1. The minimum absolute atomic E-state index is 0.0828. The molecule has 0 spiro atoms. The molecule has 0 aliphatic carbocycles. The van der Waals surface area contributed by atoms with Crippen LogP contribution in [-0.4, -0.2) is 30.4 Å². The van der Waals surface area contributed by atoms with Crippen molar-refractivity contribution < 1.29 is 19.1 Å². The summed E-state index contributed by atoms with van der Waals surface area (Å²) in [6, 6.07) is 19.5. The van der Waals surface area contributed by atoms with Gasteiger partial charge in [0.15, 0.2) is 11.5 Å². The minimum Gasteiger partial charge on any atom is -0.493 e. The number of anilines is 1. The molecule has 0 saturated carbocycles. The Kier molecular flexibility index (Phi) is 6.84. The molecule has 0 bridgehead atoms. The Morgan fingerprint density at radius 2 is 1.85 bits per heavy atom. The Balaban J connectivity index is 1.65. The molecular weight excluding hydrogens is 440 g/mol. The molecule has 2 amide bonds. The van der Waals surface area contributed by atoms with Gasteiger partial charge in [-0.2, -0.15) is 0 Å². The van der Waals surface area contributed by atoms with E-state index < -0.39 is 6.04 Å². The fourth-order valence-electron chi connectivity index (χ4n) is 4.02. The van der Waals surface area contributed by atoms with E-state index in [9.17, 15) is 9.59 Å². The highest BCUT2D eigenvalue weighted by Crippen LogP contribution is 2.37. The molecule has 0 saturated heterocycles. The van der Waals surface area contributed by atoms with E-state index in [0.29, 0.717) is 40.9 Å².